The van der Waals surface area contributed by atoms with Crippen LogP contribution in [0.2, 0.25) is 0 Å². The number of carbonyl (C=O) groups is 1. The third-order valence-corrected chi connectivity index (χ3v) is 2.01. The molecule has 1 aromatic rings. The first-order valence-electron chi connectivity index (χ1n) is 4.85. The van der Waals surface area contributed by atoms with Gasteiger partial charge in [-0.1, -0.05) is 30.3 Å². The summed E-state index contributed by atoms with van der Waals surface area (Å²) in [5, 5.41) is 3.06. The summed E-state index contributed by atoms with van der Waals surface area (Å²) in [6.45, 7) is 2.66. The second-order valence-electron chi connectivity index (χ2n) is 3.27. The van der Waals surface area contributed by atoms with Crippen molar-refractivity contribution in [3.05, 3.63) is 35.9 Å². The summed E-state index contributed by atoms with van der Waals surface area (Å²) in [5.74, 6) is -0.448. The molecule has 0 aliphatic carbocycles. The third kappa shape index (κ3) is 4.58. The average molecular weight is 208 g/mol. The van der Waals surface area contributed by atoms with E-state index in [1.54, 1.807) is 6.92 Å². The van der Waals surface area contributed by atoms with E-state index in [0.29, 0.717) is 13.3 Å². The van der Waals surface area contributed by atoms with Gasteiger partial charge in [0.1, 0.15) is 6.10 Å². The fourth-order valence-corrected chi connectivity index (χ4v) is 1.06. The Morgan fingerprint density at radius 1 is 1.47 bits per heavy atom. The van der Waals surface area contributed by atoms with Crippen LogP contribution in [-0.2, 0) is 16.1 Å². The first-order valence-corrected chi connectivity index (χ1v) is 4.85. The van der Waals surface area contributed by atoms with E-state index < -0.39 is 12.0 Å². The molecule has 1 atom stereocenters. The minimum absolute atomic E-state index is 0.318. The summed E-state index contributed by atoms with van der Waals surface area (Å²) in [5.41, 5.74) is 6.21. The number of hydrogen-bond donors (Lipinski definition) is 2. The van der Waals surface area contributed by atoms with Gasteiger partial charge in [-0.3, -0.25) is 10.1 Å². The van der Waals surface area contributed by atoms with Crippen LogP contribution in [0.4, 0.5) is 0 Å². The van der Waals surface area contributed by atoms with Crippen molar-refractivity contribution in [1.29, 1.82) is 0 Å². The number of nitrogens with two attached hydrogens (primary N) is 1. The van der Waals surface area contributed by atoms with Crippen LogP contribution in [0.25, 0.3) is 0 Å². The number of hydrogen-bond acceptors (Lipinski definition) is 3. The summed E-state index contributed by atoms with van der Waals surface area (Å²) in [6, 6.07) is 9.96. The van der Waals surface area contributed by atoms with Gasteiger partial charge in [-0.25, -0.2) is 0 Å². The first kappa shape index (κ1) is 11.7. The van der Waals surface area contributed by atoms with Gasteiger partial charge < -0.3 is 10.5 Å². The number of ether oxygens (including phenoxy) is 1. The Balaban J connectivity index is 2.15. The maximum atomic E-state index is 10.6. The lowest BCUT2D eigenvalue weighted by Crippen LogP contribution is -2.31. The molecule has 0 aromatic heterocycles. The highest BCUT2D eigenvalue weighted by atomic mass is 16.5. The number of nitrogens with one attached hydrogen (secondary N) is 1. The SMILES string of the molecule is CC(OCNCc1ccccc1)C(N)=O. The van der Waals surface area contributed by atoms with Crippen molar-refractivity contribution in [1.82, 2.24) is 5.32 Å². The zero-order valence-corrected chi connectivity index (χ0v) is 8.77. The first-order chi connectivity index (χ1) is 7.20. The molecule has 0 radical (unpaired) electrons. The second kappa shape index (κ2) is 6.16. The minimum Gasteiger partial charge on any atom is -0.367 e. The molecule has 0 saturated heterocycles. The van der Waals surface area contributed by atoms with Crippen LogP contribution >= 0.6 is 0 Å². The lowest BCUT2D eigenvalue weighted by molar-refractivity contribution is -0.128. The van der Waals surface area contributed by atoms with Crippen molar-refractivity contribution in [3.8, 4) is 0 Å². The van der Waals surface area contributed by atoms with Gasteiger partial charge in [0.15, 0.2) is 0 Å². The Morgan fingerprint density at radius 3 is 2.73 bits per heavy atom. The molecule has 0 saturated carbocycles. The Labute approximate surface area is 89.4 Å². The highest BCUT2D eigenvalue weighted by Crippen LogP contribution is 1.97. The number of benzene rings is 1. The lowest BCUT2D eigenvalue weighted by atomic mass is 10.2. The summed E-state index contributed by atoms with van der Waals surface area (Å²) < 4.78 is 5.14. The Kier molecular flexibility index (Phi) is 4.80. The fourth-order valence-electron chi connectivity index (χ4n) is 1.06. The lowest BCUT2D eigenvalue weighted by Gasteiger charge is -2.10. The molecular weight excluding hydrogens is 192 g/mol. The van der Waals surface area contributed by atoms with Crippen molar-refractivity contribution < 1.29 is 9.53 Å². The molecule has 0 aliphatic heterocycles. The van der Waals surface area contributed by atoms with E-state index in [-0.39, 0.29) is 0 Å². The molecular formula is C11H16N2O2. The highest BCUT2D eigenvalue weighted by Gasteiger charge is 2.07. The number of rotatable bonds is 6. The maximum absolute atomic E-state index is 10.6. The smallest absolute Gasteiger partial charge is 0.246 e. The molecule has 1 rings (SSSR count). The van der Waals surface area contributed by atoms with Crippen LogP contribution in [0.3, 0.4) is 0 Å². The molecule has 1 unspecified atom stereocenters. The summed E-state index contributed by atoms with van der Waals surface area (Å²) >= 11 is 0. The largest absolute Gasteiger partial charge is 0.367 e. The maximum Gasteiger partial charge on any atom is 0.246 e. The van der Waals surface area contributed by atoms with Crippen molar-refractivity contribution in [2.24, 2.45) is 5.73 Å². The molecule has 4 nitrogen and oxygen atoms in total. The predicted octanol–water partition coefficient (Wildman–Crippen LogP) is 0.624. The van der Waals surface area contributed by atoms with Gasteiger partial charge in [0, 0.05) is 6.54 Å². The van der Waals surface area contributed by atoms with E-state index in [1.807, 2.05) is 30.3 Å². The molecule has 3 N–H and O–H groups in total. The highest BCUT2D eigenvalue weighted by molar-refractivity contribution is 5.78. The number of amides is 1. The van der Waals surface area contributed by atoms with Crippen LogP contribution in [0.1, 0.15) is 12.5 Å². The Morgan fingerprint density at radius 2 is 2.13 bits per heavy atom. The van der Waals surface area contributed by atoms with Crippen LogP contribution in [-0.4, -0.2) is 18.7 Å². The van der Waals surface area contributed by atoms with Crippen molar-refractivity contribution in [2.75, 3.05) is 6.73 Å². The van der Waals surface area contributed by atoms with Gasteiger partial charge in [0.25, 0.3) is 0 Å². The van der Waals surface area contributed by atoms with Gasteiger partial charge in [-0.05, 0) is 12.5 Å². The molecule has 0 fully saturated rings. The number of primary amides is 1. The van der Waals surface area contributed by atoms with Gasteiger partial charge in [-0.2, -0.15) is 0 Å². The normalized spacial score (nSPS) is 12.3. The van der Waals surface area contributed by atoms with E-state index in [0.717, 1.165) is 0 Å². The van der Waals surface area contributed by atoms with E-state index in [9.17, 15) is 4.79 Å². The summed E-state index contributed by atoms with van der Waals surface area (Å²) in [7, 11) is 0. The average Bonchev–Trinajstić information content (AvgIpc) is 2.25. The van der Waals surface area contributed by atoms with Gasteiger partial charge >= 0.3 is 0 Å². The quantitative estimate of drug-likeness (QED) is 0.532. The Hall–Kier alpha value is -1.39. The van der Waals surface area contributed by atoms with Crippen LogP contribution in [0, 0.1) is 0 Å². The molecule has 4 heteroatoms. The molecule has 0 heterocycles. The molecule has 0 aliphatic rings. The van der Waals surface area contributed by atoms with Crippen LogP contribution in [0.5, 0.6) is 0 Å². The zero-order chi connectivity index (χ0) is 11.1. The monoisotopic (exact) mass is 208 g/mol. The van der Waals surface area contributed by atoms with E-state index in [1.165, 1.54) is 5.56 Å². The van der Waals surface area contributed by atoms with Gasteiger partial charge in [0.05, 0.1) is 6.73 Å². The fraction of sp³-hybridized carbons (Fsp3) is 0.364. The molecule has 0 spiro atoms. The van der Waals surface area contributed by atoms with Crippen molar-refractivity contribution >= 4 is 5.91 Å². The summed E-state index contributed by atoms with van der Waals surface area (Å²) in [6.07, 6.45) is -0.548. The molecule has 15 heavy (non-hydrogen) atoms. The van der Waals surface area contributed by atoms with Gasteiger partial charge in [-0.15, -0.1) is 0 Å². The Bertz CT molecular complexity index is 301. The van der Waals surface area contributed by atoms with E-state index >= 15 is 0 Å². The molecule has 82 valence electrons. The van der Waals surface area contributed by atoms with Crippen molar-refractivity contribution in [2.45, 2.75) is 19.6 Å². The van der Waals surface area contributed by atoms with Crippen LogP contribution in [0.15, 0.2) is 30.3 Å². The van der Waals surface area contributed by atoms with Crippen LogP contribution < -0.4 is 11.1 Å². The third-order valence-electron chi connectivity index (χ3n) is 2.01. The topological polar surface area (TPSA) is 64.3 Å². The zero-order valence-electron chi connectivity index (χ0n) is 8.77. The molecule has 1 amide bonds. The predicted molar refractivity (Wildman–Crippen MR) is 57.9 cm³/mol. The van der Waals surface area contributed by atoms with Crippen molar-refractivity contribution in [3.63, 3.8) is 0 Å². The summed E-state index contributed by atoms with van der Waals surface area (Å²) in [4.78, 5) is 10.6. The second-order valence-corrected chi connectivity index (χ2v) is 3.27. The minimum atomic E-state index is -0.548. The van der Waals surface area contributed by atoms with E-state index in [2.05, 4.69) is 5.32 Å². The van der Waals surface area contributed by atoms with Gasteiger partial charge in [0.2, 0.25) is 5.91 Å². The van der Waals surface area contributed by atoms with E-state index in [4.69, 9.17) is 10.5 Å². The number of carbonyl (C=O) groups excluding carboxylic acids is 1. The molecule has 1 aromatic carbocycles. The molecule has 0 bridgehead atoms. The standard InChI is InChI=1S/C11H16N2O2/c1-9(11(12)14)15-8-13-7-10-5-3-2-4-6-10/h2-6,9,13H,7-8H2,1H3,(H2,12,14).